The molecule has 1 N–H and O–H groups in total. The van der Waals surface area contributed by atoms with Crippen molar-refractivity contribution in [3.8, 4) is 5.75 Å². The number of carbonyl (C=O) groups is 1. The lowest BCUT2D eigenvalue weighted by Crippen LogP contribution is -2.00. The maximum Gasteiger partial charge on any atom is 0.318 e. The fourth-order valence-electron chi connectivity index (χ4n) is 1.66. The minimum Gasteiger partial charge on any atom is -0.497 e. The van der Waals surface area contributed by atoms with Gasteiger partial charge in [0.2, 0.25) is 0 Å². The van der Waals surface area contributed by atoms with Gasteiger partial charge in [-0.15, -0.1) is 4.91 Å². The highest BCUT2D eigenvalue weighted by Crippen LogP contribution is 2.23. The topological polar surface area (TPSA) is 67.8 Å². The maximum absolute atomic E-state index is 11.4. The molecule has 0 aliphatic carbocycles. The van der Waals surface area contributed by atoms with Crippen LogP contribution in [0, 0.1) is 4.91 Å². The number of anilines is 2. The standard InChI is InChI=1S/C14H12N2O3/c1-19-11-8-6-10(7-9-11)15-13-5-3-2-4-12(13)14(17)16-18/h2-9,15H,1H3. The Morgan fingerprint density at radius 1 is 1.11 bits per heavy atom. The number of benzene rings is 2. The molecule has 0 spiro atoms. The lowest BCUT2D eigenvalue weighted by atomic mass is 10.1. The normalized spacial score (nSPS) is 9.74. The van der Waals surface area contributed by atoms with Crippen LogP contribution in [0.25, 0.3) is 0 Å². The van der Waals surface area contributed by atoms with Crippen molar-refractivity contribution in [1.82, 2.24) is 0 Å². The van der Waals surface area contributed by atoms with Crippen molar-refractivity contribution in [3.05, 3.63) is 59.0 Å². The van der Waals surface area contributed by atoms with Crippen LogP contribution in [0.15, 0.2) is 53.7 Å². The van der Waals surface area contributed by atoms with Crippen LogP contribution in [-0.4, -0.2) is 13.0 Å². The summed E-state index contributed by atoms with van der Waals surface area (Å²) in [7, 11) is 1.59. The van der Waals surface area contributed by atoms with Crippen molar-refractivity contribution in [2.45, 2.75) is 0 Å². The number of hydrogen-bond acceptors (Lipinski definition) is 4. The molecule has 0 fully saturated rings. The number of para-hydroxylation sites is 1. The molecule has 96 valence electrons. The van der Waals surface area contributed by atoms with Crippen molar-refractivity contribution in [2.75, 3.05) is 12.4 Å². The molecule has 0 unspecified atom stereocenters. The fraction of sp³-hybridized carbons (Fsp3) is 0.0714. The van der Waals surface area contributed by atoms with Crippen LogP contribution in [0.1, 0.15) is 10.4 Å². The van der Waals surface area contributed by atoms with Crippen LogP contribution in [0.3, 0.4) is 0 Å². The van der Waals surface area contributed by atoms with Crippen LogP contribution in [0.5, 0.6) is 5.75 Å². The molecule has 0 heterocycles. The van der Waals surface area contributed by atoms with Crippen LogP contribution in [0.4, 0.5) is 11.4 Å². The second-order valence-electron chi connectivity index (χ2n) is 3.80. The number of rotatable bonds is 4. The number of carbonyl (C=O) groups excluding carboxylic acids is 1. The van der Waals surface area contributed by atoms with E-state index < -0.39 is 5.91 Å². The minimum absolute atomic E-state index is 0.244. The van der Waals surface area contributed by atoms with Crippen LogP contribution >= 0.6 is 0 Å². The highest BCUT2D eigenvalue weighted by molar-refractivity contribution is 6.00. The average molecular weight is 256 g/mol. The van der Waals surface area contributed by atoms with E-state index in [0.29, 0.717) is 5.69 Å². The van der Waals surface area contributed by atoms with Gasteiger partial charge in [-0.25, -0.2) is 0 Å². The van der Waals surface area contributed by atoms with E-state index in [1.165, 1.54) is 0 Å². The summed E-state index contributed by atoms with van der Waals surface area (Å²) in [6.45, 7) is 0. The molecule has 1 amide bonds. The van der Waals surface area contributed by atoms with E-state index in [0.717, 1.165) is 11.4 Å². The zero-order valence-corrected chi connectivity index (χ0v) is 10.3. The largest absolute Gasteiger partial charge is 0.497 e. The highest BCUT2D eigenvalue weighted by atomic mass is 16.5. The number of ether oxygens (including phenoxy) is 1. The van der Waals surface area contributed by atoms with Gasteiger partial charge in [0.25, 0.3) is 0 Å². The molecule has 0 aliphatic heterocycles. The van der Waals surface area contributed by atoms with Gasteiger partial charge in [0.15, 0.2) is 0 Å². The summed E-state index contributed by atoms with van der Waals surface area (Å²) in [6.07, 6.45) is 0. The van der Waals surface area contributed by atoms with Gasteiger partial charge in [-0.1, -0.05) is 12.1 Å². The third kappa shape index (κ3) is 2.95. The highest BCUT2D eigenvalue weighted by Gasteiger charge is 2.11. The third-order valence-electron chi connectivity index (χ3n) is 2.61. The van der Waals surface area contributed by atoms with Gasteiger partial charge in [0.1, 0.15) is 5.75 Å². The first-order chi connectivity index (χ1) is 9.24. The second kappa shape index (κ2) is 5.77. The Balaban J connectivity index is 2.27. The summed E-state index contributed by atoms with van der Waals surface area (Å²) in [6, 6.07) is 13.9. The SMILES string of the molecule is COc1ccc(Nc2ccccc2C(=O)N=O)cc1. The van der Waals surface area contributed by atoms with E-state index in [2.05, 4.69) is 10.5 Å². The van der Waals surface area contributed by atoms with Crippen LogP contribution in [0.2, 0.25) is 0 Å². The lowest BCUT2D eigenvalue weighted by Gasteiger charge is -2.09. The Morgan fingerprint density at radius 2 is 1.79 bits per heavy atom. The Kier molecular flexibility index (Phi) is 3.87. The summed E-state index contributed by atoms with van der Waals surface area (Å²) in [5, 5.41) is 5.50. The number of nitrogens with one attached hydrogen (secondary N) is 1. The van der Waals surface area contributed by atoms with Crippen molar-refractivity contribution in [2.24, 2.45) is 5.18 Å². The molecular weight excluding hydrogens is 244 g/mol. The second-order valence-corrected chi connectivity index (χ2v) is 3.80. The molecule has 0 saturated carbocycles. The molecule has 5 heteroatoms. The molecule has 0 saturated heterocycles. The van der Waals surface area contributed by atoms with E-state index in [9.17, 15) is 9.70 Å². The molecular formula is C14H12N2O3. The van der Waals surface area contributed by atoms with E-state index >= 15 is 0 Å². The van der Waals surface area contributed by atoms with Gasteiger partial charge in [0, 0.05) is 10.9 Å². The van der Waals surface area contributed by atoms with Gasteiger partial charge < -0.3 is 10.1 Å². The van der Waals surface area contributed by atoms with Gasteiger partial charge >= 0.3 is 5.91 Å². The van der Waals surface area contributed by atoms with E-state index in [-0.39, 0.29) is 5.56 Å². The molecule has 0 radical (unpaired) electrons. The third-order valence-corrected chi connectivity index (χ3v) is 2.61. The zero-order valence-electron chi connectivity index (χ0n) is 10.3. The summed E-state index contributed by atoms with van der Waals surface area (Å²) in [5.41, 5.74) is 1.57. The van der Waals surface area contributed by atoms with Crippen LogP contribution in [-0.2, 0) is 0 Å². The van der Waals surface area contributed by atoms with Crippen molar-refractivity contribution >= 4 is 17.3 Å². The molecule has 0 aromatic heterocycles. The quantitative estimate of drug-likeness (QED) is 0.852. The molecule has 2 rings (SSSR count). The Morgan fingerprint density at radius 3 is 2.42 bits per heavy atom. The Bertz CT molecular complexity index is 594. The zero-order chi connectivity index (χ0) is 13.7. The number of nitrogens with zero attached hydrogens (tertiary/aromatic N) is 1. The summed E-state index contributed by atoms with van der Waals surface area (Å²) >= 11 is 0. The summed E-state index contributed by atoms with van der Waals surface area (Å²) in [4.78, 5) is 21.7. The van der Waals surface area contributed by atoms with Gasteiger partial charge in [-0.2, -0.15) is 0 Å². The predicted octanol–water partition coefficient (Wildman–Crippen LogP) is 3.35. The number of hydrogen-bond donors (Lipinski definition) is 1. The Hall–Kier alpha value is -2.69. The number of amides is 1. The van der Waals surface area contributed by atoms with E-state index in [4.69, 9.17) is 4.74 Å². The monoisotopic (exact) mass is 256 g/mol. The van der Waals surface area contributed by atoms with Crippen molar-refractivity contribution in [3.63, 3.8) is 0 Å². The smallest absolute Gasteiger partial charge is 0.318 e. The first-order valence-electron chi connectivity index (χ1n) is 5.62. The molecule has 5 nitrogen and oxygen atoms in total. The predicted molar refractivity (Wildman–Crippen MR) is 72.8 cm³/mol. The van der Waals surface area contributed by atoms with E-state index in [1.807, 2.05) is 12.1 Å². The summed E-state index contributed by atoms with van der Waals surface area (Å²) < 4.78 is 5.06. The minimum atomic E-state index is -0.795. The number of nitroso groups, excluding NO2 is 1. The number of methoxy groups -OCH3 is 1. The lowest BCUT2D eigenvalue weighted by molar-refractivity contribution is 0.100. The fourth-order valence-corrected chi connectivity index (χ4v) is 1.66. The van der Waals surface area contributed by atoms with Crippen molar-refractivity contribution < 1.29 is 9.53 Å². The van der Waals surface area contributed by atoms with Gasteiger partial charge in [-0.3, -0.25) is 4.79 Å². The van der Waals surface area contributed by atoms with Crippen LogP contribution < -0.4 is 10.1 Å². The first-order valence-corrected chi connectivity index (χ1v) is 5.62. The molecule has 0 bridgehead atoms. The molecule has 19 heavy (non-hydrogen) atoms. The Labute approximate surface area is 110 Å². The first kappa shape index (κ1) is 12.8. The summed E-state index contributed by atoms with van der Waals surface area (Å²) in [5.74, 6) is -0.0546. The molecule has 0 aliphatic rings. The molecule has 2 aromatic rings. The average Bonchev–Trinajstić information content (AvgIpc) is 2.48. The van der Waals surface area contributed by atoms with Gasteiger partial charge in [-0.05, 0) is 36.4 Å². The van der Waals surface area contributed by atoms with Gasteiger partial charge in [0.05, 0.1) is 18.4 Å². The molecule has 0 atom stereocenters. The van der Waals surface area contributed by atoms with Crippen molar-refractivity contribution in [1.29, 1.82) is 0 Å². The molecule has 2 aromatic carbocycles. The van der Waals surface area contributed by atoms with E-state index in [1.54, 1.807) is 43.5 Å². The maximum atomic E-state index is 11.4.